The van der Waals surface area contributed by atoms with E-state index in [4.69, 9.17) is 0 Å². The normalized spacial score (nSPS) is 16.4. The molecule has 0 amide bonds. The second-order valence-electron chi connectivity index (χ2n) is 6.61. The third kappa shape index (κ3) is 1.91. The fourth-order valence-corrected chi connectivity index (χ4v) is 5.15. The SMILES string of the molecule is CC1(C)C(=O)C(=O)c2c1n(S(=O)(=O)c1ccccc1)c1ccccc21. The highest BCUT2D eigenvalue weighted by Gasteiger charge is 2.50. The summed E-state index contributed by atoms with van der Waals surface area (Å²) in [5.41, 5.74) is -0.351. The minimum absolute atomic E-state index is 0.112. The zero-order chi connectivity index (χ0) is 18.0. The first kappa shape index (κ1) is 15.8. The van der Waals surface area contributed by atoms with Gasteiger partial charge < -0.3 is 0 Å². The monoisotopic (exact) mass is 353 g/mol. The van der Waals surface area contributed by atoms with Crippen molar-refractivity contribution in [2.45, 2.75) is 24.2 Å². The van der Waals surface area contributed by atoms with Crippen LogP contribution in [0.5, 0.6) is 0 Å². The van der Waals surface area contributed by atoms with Gasteiger partial charge in [0.15, 0.2) is 0 Å². The molecule has 0 fully saturated rings. The van der Waals surface area contributed by atoms with Crippen LogP contribution in [0, 0.1) is 0 Å². The number of nitrogens with zero attached hydrogens (tertiary/aromatic N) is 1. The van der Waals surface area contributed by atoms with Gasteiger partial charge in [0, 0.05) is 5.39 Å². The summed E-state index contributed by atoms with van der Waals surface area (Å²) in [7, 11) is -3.95. The fraction of sp³-hybridized carbons (Fsp3) is 0.158. The molecule has 1 aliphatic carbocycles. The summed E-state index contributed by atoms with van der Waals surface area (Å²) < 4.78 is 27.8. The predicted molar refractivity (Wildman–Crippen MR) is 93.3 cm³/mol. The van der Waals surface area contributed by atoms with Crippen molar-refractivity contribution in [3.8, 4) is 0 Å². The molecule has 25 heavy (non-hydrogen) atoms. The van der Waals surface area contributed by atoms with Crippen molar-refractivity contribution >= 4 is 32.5 Å². The summed E-state index contributed by atoms with van der Waals surface area (Å²) in [6.45, 7) is 3.18. The van der Waals surface area contributed by atoms with Crippen LogP contribution in [0.25, 0.3) is 10.9 Å². The summed E-state index contributed by atoms with van der Waals surface area (Å²) in [4.78, 5) is 25.1. The second-order valence-corrected chi connectivity index (χ2v) is 8.39. The number of hydrogen-bond donors (Lipinski definition) is 0. The van der Waals surface area contributed by atoms with E-state index in [0.29, 0.717) is 10.9 Å². The van der Waals surface area contributed by atoms with Crippen molar-refractivity contribution in [3.63, 3.8) is 0 Å². The van der Waals surface area contributed by atoms with Gasteiger partial charge in [-0.2, -0.15) is 0 Å². The van der Waals surface area contributed by atoms with Gasteiger partial charge in [0.05, 0.1) is 27.1 Å². The van der Waals surface area contributed by atoms with Crippen molar-refractivity contribution in [3.05, 3.63) is 65.9 Å². The molecule has 5 nitrogen and oxygen atoms in total. The van der Waals surface area contributed by atoms with E-state index in [1.807, 2.05) is 0 Å². The molecule has 1 heterocycles. The Morgan fingerprint density at radius 3 is 2.16 bits per heavy atom. The molecule has 6 heteroatoms. The molecule has 4 rings (SSSR count). The first-order valence-corrected chi connectivity index (χ1v) is 9.25. The quantitative estimate of drug-likeness (QED) is 0.664. The largest absolute Gasteiger partial charge is 0.289 e. The lowest BCUT2D eigenvalue weighted by molar-refractivity contribution is -0.118. The Hall–Kier alpha value is -2.73. The van der Waals surface area contributed by atoms with E-state index in [2.05, 4.69) is 0 Å². The van der Waals surface area contributed by atoms with Crippen LogP contribution >= 0.6 is 0 Å². The summed E-state index contributed by atoms with van der Waals surface area (Å²) in [6, 6.07) is 14.8. The van der Waals surface area contributed by atoms with Crippen LogP contribution in [0.4, 0.5) is 0 Å². The first-order chi connectivity index (χ1) is 11.8. The van der Waals surface area contributed by atoms with E-state index in [0.717, 1.165) is 3.97 Å². The smallest absolute Gasteiger partial charge is 0.268 e. The first-order valence-electron chi connectivity index (χ1n) is 7.81. The number of hydrogen-bond acceptors (Lipinski definition) is 4. The molecule has 0 radical (unpaired) electrons. The number of para-hydroxylation sites is 1. The molecular weight excluding hydrogens is 338 g/mol. The van der Waals surface area contributed by atoms with Crippen LogP contribution in [0.2, 0.25) is 0 Å². The van der Waals surface area contributed by atoms with Crippen LogP contribution in [0.15, 0.2) is 59.5 Å². The number of ketones is 2. The van der Waals surface area contributed by atoms with Crippen molar-refractivity contribution in [1.82, 2.24) is 3.97 Å². The number of fused-ring (bicyclic) bond motifs is 3. The van der Waals surface area contributed by atoms with E-state index in [-0.39, 0.29) is 16.2 Å². The third-order valence-electron chi connectivity index (χ3n) is 4.71. The maximum Gasteiger partial charge on any atom is 0.268 e. The summed E-state index contributed by atoms with van der Waals surface area (Å²) in [5.74, 6) is -1.21. The molecule has 1 aliphatic rings. The molecule has 2 aromatic carbocycles. The second kappa shape index (κ2) is 4.89. The van der Waals surface area contributed by atoms with E-state index < -0.39 is 27.0 Å². The number of Topliss-reactive ketones (excluding diaryl/α,β-unsaturated/α-hetero) is 2. The van der Waals surface area contributed by atoms with Gasteiger partial charge >= 0.3 is 0 Å². The maximum absolute atomic E-state index is 13.3. The molecular formula is C19H15NO4S. The van der Waals surface area contributed by atoms with Gasteiger partial charge in [-0.25, -0.2) is 12.4 Å². The lowest BCUT2D eigenvalue weighted by atomic mass is 9.89. The van der Waals surface area contributed by atoms with E-state index in [1.165, 1.54) is 12.1 Å². The van der Waals surface area contributed by atoms with E-state index in [1.54, 1.807) is 56.3 Å². The zero-order valence-corrected chi connectivity index (χ0v) is 14.5. The van der Waals surface area contributed by atoms with Gasteiger partial charge in [-0.3, -0.25) is 9.59 Å². The van der Waals surface area contributed by atoms with Gasteiger partial charge in [-0.1, -0.05) is 36.4 Å². The average molecular weight is 353 g/mol. The Bertz CT molecular complexity index is 1150. The van der Waals surface area contributed by atoms with Crippen molar-refractivity contribution in [2.24, 2.45) is 0 Å². The zero-order valence-electron chi connectivity index (χ0n) is 13.7. The van der Waals surface area contributed by atoms with Crippen molar-refractivity contribution < 1.29 is 18.0 Å². The molecule has 1 aromatic heterocycles. The summed E-state index contributed by atoms with van der Waals surface area (Å²) in [6.07, 6.45) is 0. The Balaban J connectivity index is 2.20. The Kier molecular flexibility index (Phi) is 3.09. The molecule has 0 spiro atoms. The van der Waals surface area contributed by atoms with Gasteiger partial charge in [-0.15, -0.1) is 0 Å². The number of rotatable bonds is 2. The van der Waals surface area contributed by atoms with E-state index >= 15 is 0 Å². The molecule has 0 unspecified atom stereocenters. The number of benzene rings is 2. The van der Waals surface area contributed by atoms with Gasteiger partial charge in [0.1, 0.15) is 0 Å². The fourth-order valence-electron chi connectivity index (χ4n) is 3.46. The van der Waals surface area contributed by atoms with Crippen LogP contribution < -0.4 is 0 Å². The molecule has 0 saturated carbocycles. The van der Waals surface area contributed by atoms with E-state index in [9.17, 15) is 18.0 Å². The topological polar surface area (TPSA) is 73.2 Å². The molecule has 0 bridgehead atoms. The Morgan fingerprint density at radius 1 is 0.880 bits per heavy atom. The molecule has 0 saturated heterocycles. The third-order valence-corrected chi connectivity index (χ3v) is 6.43. The summed E-state index contributed by atoms with van der Waals surface area (Å²) >= 11 is 0. The standard InChI is InChI=1S/C19H15NO4S/c1-19(2)17-15(16(21)18(19)22)13-10-6-7-11-14(13)20(17)25(23,24)12-8-4-3-5-9-12/h3-11H,1-2H3. The highest BCUT2D eigenvalue weighted by Crippen LogP contribution is 2.43. The highest BCUT2D eigenvalue weighted by atomic mass is 32.2. The molecule has 0 atom stereocenters. The van der Waals surface area contributed by atoms with Gasteiger partial charge in [0.2, 0.25) is 11.6 Å². The predicted octanol–water partition coefficient (Wildman–Crippen LogP) is 2.92. The van der Waals surface area contributed by atoms with Gasteiger partial charge in [0.25, 0.3) is 10.0 Å². The van der Waals surface area contributed by atoms with Gasteiger partial charge in [-0.05, 0) is 32.0 Å². The average Bonchev–Trinajstić information content (AvgIpc) is 3.04. The minimum atomic E-state index is -3.95. The number of carbonyl (C=O) groups is 2. The van der Waals surface area contributed by atoms with Crippen molar-refractivity contribution in [1.29, 1.82) is 0 Å². The molecule has 0 aliphatic heterocycles. The minimum Gasteiger partial charge on any atom is -0.289 e. The molecule has 0 N–H and O–H groups in total. The Labute approximate surface area is 144 Å². The molecule has 3 aromatic rings. The Morgan fingerprint density at radius 2 is 1.48 bits per heavy atom. The number of aromatic nitrogens is 1. The summed E-state index contributed by atoms with van der Waals surface area (Å²) in [5, 5.41) is 0.487. The van der Waals surface area contributed by atoms with Crippen LogP contribution in [-0.2, 0) is 20.2 Å². The van der Waals surface area contributed by atoms with Crippen LogP contribution in [0.3, 0.4) is 0 Å². The number of carbonyl (C=O) groups excluding carboxylic acids is 2. The molecule has 126 valence electrons. The lowest BCUT2D eigenvalue weighted by Crippen LogP contribution is -2.31. The lowest BCUT2D eigenvalue weighted by Gasteiger charge is -2.20. The van der Waals surface area contributed by atoms with Crippen molar-refractivity contribution in [2.75, 3.05) is 0 Å². The van der Waals surface area contributed by atoms with Crippen LogP contribution in [0.1, 0.15) is 29.9 Å². The maximum atomic E-state index is 13.3. The van der Waals surface area contributed by atoms with Crippen LogP contribution in [-0.4, -0.2) is 24.0 Å². The highest BCUT2D eigenvalue weighted by molar-refractivity contribution is 7.90.